The second kappa shape index (κ2) is 10.9. The number of benzene rings is 2. The predicted octanol–water partition coefficient (Wildman–Crippen LogP) is 2.87. The van der Waals surface area contributed by atoms with Crippen LogP contribution in [0.2, 0.25) is 0 Å². The predicted molar refractivity (Wildman–Crippen MR) is 94.1 cm³/mol. The Kier molecular flexibility index (Phi) is 8.23. The van der Waals surface area contributed by atoms with Gasteiger partial charge in [-0.1, -0.05) is 70.0 Å². The zero-order valence-electron chi connectivity index (χ0n) is 14.4. The van der Waals surface area contributed by atoms with Gasteiger partial charge < -0.3 is 0 Å². The summed E-state index contributed by atoms with van der Waals surface area (Å²) in [5, 5.41) is 0. The summed E-state index contributed by atoms with van der Waals surface area (Å²) >= 11 is 0. The first-order valence-corrected chi connectivity index (χ1v) is 9.13. The van der Waals surface area contributed by atoms with E-state index in [1.54, 1.807) is 36.4 Å². The number of ketones is 2. The van der Waals surface area contributed by atoms with Crippen molar-refractivity contribution >= 4 is 31.8 Å². The van der Waals surface area contributed by atoms with Crippen LogP contribution in [0, 0.1) is 0 Å². The first kappa shape index (κ1) is 21.2. The van der Waals surface area contributed by atoms with Crippen molar-refractivity contribution in [2.75, 3.05) is 0 Å². The zero-order valence-corrected chi connectivity index (χ0v) is 15.4. The molecule has 10 heteroatoms. The maximum absolute atomic E-state index is 11.8. The minimum absolute atomic E-state index is 0.292. The topological polar surface area (TPSA) is 122 Å². The van der Waals surface area contributed by atoms with Gasteiger partial charge in [-0.25, -0.2) is 9.59 Å². The number of hydrogen-bond donors (Lipinski definition) is 0. The highest BCUT2D eigenvalue weighted by atomic mass is 31.1. The molecule has 0 radical (unpaired) electrons. The van der Waals surface area contributed by atoms with Crippen LogP contribution in [0.4, 0.5) is 0 Å². The normalized spacial score (nSPS) is 10.3. The molecule has 0 fully saturated rings. The fourth-order valence-corrected chi connectivity index (χ4v) is 2.30. The van der Waals surface area contributed by atoms with Gasteiger partial charge in [0.15, 0.2) is 11.6 Å². The van der Waals surface area contributed by atoms with E-state index in [1.165, 1.54) is 24.3 Å². The van der Waals surface area contributed by atoms with Gasteiger partial charge in [0.2, 0.25) is 0 Å². The van der Waals surface area contributed by atoms with Crippen molar-refractivity contribution in [1.82, 2.24) is 0 Å². The van der Waals surface area contributed by atoms with Crippen molar-refractivity contribution in [1.29, 1.82) is 0 Å². The number of Topliss-reactive ketones (excluding diaryl/α,β-unsaturated/α-hetero) is 2. The lowest BCUT2D eigenvalue weighted by atomic mass is 10.1. The standard InChI is InChI=1S/C18H15O9P/c19-15(13-7-3-1-4-8-13)11-17(21)24-26-28(23)27-25-18(22)12-16(20)14-9-5-2-6-10-14/h1-10,28H,11-12H2. The molecular weight excluding hydrogens is 391 g/mol. The quantitative estimate of drug-likeness (QED) is 0.193. The second-order valence-corrected chi connectivity index (χ2v) is 6.09. The summed E-state index contributed by atoms with van der Waals surface area (Å²) in [6.07, 6.45) is -1.30. The number of hydrogen-bond acceptors (Lipinski definition) is 9. The zero-order chi connectivity index (χ0) is 20.4. The molecule has 9 nitrogen and oxygen atoms in total. The van der Waals surface area contributed by atoms with E-state index in [0.29, 0.717) is 11.1 Å². The molecule has 0 saturated carbocycles. The van der Waals surface area contributed by atoms with Crippen LogP contribution in [0.25, 0.3) is 0 Å². The van der Waals surface area contributed by atoms with Crippen LogP contribution in [-0.2, 0) is 33.3 Å². The summed E-state index contributed by atoms with van der Waals surface area (Å²) in [4.78, 5) is 54.8. The molecule has 0 aromatic heterocycles. The second-order valence-electron chi connectivity index (χ2n) is 5.26. The number of carbonyl (C=O) groups excluding carboxylic acids is 4. The third-order valence-electron chi connectivity index (χ3n) is 3.21. The average molecular weight is 406 g/mol. The van der Waals surface area contributed by atoms with E-state index in [1.807, 2.05) is 0 Å². The smallest absolute Gasteiger partial charge is 0.294 e. The van der Waals surface area contributed by atoms with Crippen molar-refractivity contribution in [3.8, 4) is 0 Å². The maximum Gasteiger partial charge on any atom is 0.395 e. The molecule has 0 bridgehead atoms. The van der Waals surface area contributed by atoms with Gasteiger partial charge in [-0.2, -0.15) is 0 Å². The summed E-state index contributed by atoms with van der Waals surface area (Å²) in [5.41, 5.74) is 0.584. The highest BCUT2D eigenvalue weighted by Gasteiger charge is 2.18. The van der Waals surface area contributed by atoms with Gasteiger partial charge in [-0.3, -0.25) is 23.9 Å². The monoisotopic (exact) mass is 406 g/mol. The SMILES string of the molecule is O=C(CC(=O)c1ccccc1)OO[PH](=O)OOC(=O)CC(=O)c1ccccc1. The fourth-order valence-electron chi connectivity index (χ4n) is 1.95. The first-order chi connectivity index (χ1) is 13.5. The van der Waals surface area contributed by atoms with Crippen LogP contribution in [0.5, 0.6) is 0 Å². The molecule has 2 aromatic carbocycles. The molecule has 28 heavy (non-hydrogen) atoms. The van der Waals surface area contributed by atoms with Crippen molar-refractivity contribution < 1.29 is 42.9 Å². The van der Waals surface area contributed by atoms with E-state index < -0.39 is 44.6 Å². The van der Waals surface area contributed by atoms with Crippen molar-refractivity contribution in [3.63, 3.8) is 0 Å². The Labute approximate surface area is 160 Å². The Morgan fingerprint density at radius 3 is 1.36 bits per heavy atom. The first-order valence-electron chi connectivity index (χ1n) is 7.91. The molecule has 0 aliphatic heterocycles. The van der Waals surface area contributed by atoms with Gasteiger partial charge in [0.05, 0.1) is 0 Å². The Balaban J connectivity index is 1.66. The largest absolute Gasteiger partial charge is 0.395 e. The van der Waals surface area contributed by atoms with Gasteiger partial charge >= 0.3 is 20.2 Å². The van der Waals surface area contributed by atoms with E-state index in [2.05, 4.69) is 19.1 Å². The Morgan fingerprint density at radius 1 is 0.643 bits per heavy atom. The summed E-state index contributed by atoms with van der Waals surface area (Å²) in [5.74, 6) is -3.27. The Hall–Kier alpha value is -3.13. The van der Waals surface area contributed by atoms with Gasteiger partial charge in [0.25, 0.3) is 0 Å². The molecule has 2 aromatic rings. The summed E-state index contributed by atoms with van der Waals surface area (Å²) in [6, 6.07) is 16.0. The lowest BCUT2D eigenvalue weighted by molar-refractivity contribution is -0.244. The number of carbonyl (C=O) groups is 4. The van der Waals surface area contributed by atoms with E-state index >= 15 is 0 Å². The summed E-state index contributed by atoms with van der Waals surface area (Å²) in [6.45, 7) is 0. The van der Waals surface area contributed by atoms with Crippen molar-refractivity contribution in [2.24, 2.45) is 0 Å². The lowest BCUT2D eigenvalue weighted by Gasteiger charge is -2.04. The molecule has 0 aliphatic carbocycles. The van der Waals surface area contributed by atoms with Crippen LogP contribution >= 0.6 is 8.25 Å². The number of rotatable bonds is 10. The third-order valence-corrected chi connectivity index (χ3v) is 3.65. The van der Waals surface area contributed by atoms with Crippen LogP contribution in [0.15, 0.2) is 60.7 Å². The Morgan fingerprint density at radius 2 is 1.00 bits per heavy atom. The molecular formula is C18H15O9P. The highest BCUT2D eigenvalue weighted by Crippen LogP contribution is 2.25. The van der Waals surface area contributed by atoms with E-state index in [-0.39, 0.29) is 0 Å². The molecule has 0 atom stereocenters. The van der Waals surface area contributed by atoms with Crippen molar-refractivity contribution in [2.45, 2.75) is 12.8 Å². The minimum Gasteiger partial charge on any atom is -0.294 e. The molecule has 146 valence electrons. The molecule has 2 rings (SSSR count). The molecule has 0 saturated heterocycles. The highest BCUT2D eigenvalue weighted by molar-refractivity contribution is 7.33. The molecule has 0 aliphatic rings. The fraction of sp³-hybridized carbons (Fsp3) is 0.111. The van der Waals surface area contributed by atoms with E-state index in [4.69, 9.17) is 0 Å². The summed E-state index contributed by atoms with van der Waals surface area (Å²) < 4.78 is 19.7. The van der Waals surface area contributed by atoms with Crippen LogP contribution in [0.1, 0.15) is 33.6 Å². The van der Waals surface area contributed by atoms with E-state index in [9.17, 15) is 23.7 Å². The van der Waals surface area contributed by atoms with Crippen molar-refractivity contribution in [3.05, 3.63) is 71.8 Å². The molecule has 0 unspecified atom stereocenters. The third kappa shape index (κ3) is 7.24. The molecule has 0 spiro atoms. The molecule has 0 N–H and O–H groups in total. The van der Waals surface area contributed by atoms with Crippen LogP contribution in [-0.4, -0.2) is 23.5 Å². The Bertz CT molecular complexity index is 794. The van der Waals surface area contributed by atoms with Gasteiger partial charge in [-0.15, -0.1) is 0 Å². The van der Waals surface area contributed by atoms with Gasteiger partial charge in [-0.05, 0) is 0 Å². The van der Waals surface area contributed by atoms with E-state index in [0.717, 1.165) is 0 Å². The molecule has 0 amide bonds. The lowest BCUT2D eigenvalue weighted by Crippen LogP contribution is -2.12. The minimum atomic E-state index is -3.54. The molecule has 0 heterocycles. The average Bonchev–Trinajstić information content (AvgIpc) is 2.72. The van der Waals surface area contributed by atoms with Gasteiger partial charge in [0.1, 0.15) is 12.8 Å². The van der Waals surface area contributed by atoms with Gasteiger partial charge in [0, 0.05) is 11.1 Å². The van der Waals surface area contributed by atoms with Crippen LogP contribution < -0.4 is 0 Å². The summed E-state index contributed by atoms with van der Waals surface area (Å²) in [7, 11) is -3.54. The maximum atomic E-state index is 11.8. The van der Waals surface area contributed by atoms with Crippen LogP contribution in [0.3, 0.4) is 0 Å².